The van der Waals surface area contributed by atoms with Gasteiger partial charge in [-0.3, -0.25) is 20.2 Å². The maximum Gasteiger partial charge on any atom is 0.269 e. The molecule has 0 saturated heterocycles. The van der Waals surface area contributed by atoms with Crippen molar-refractivity contribution < 1.29 is 18.1 Å². The van der Waals surface area contributed by atoms with Crippen LogP contribution in [0, 0.1) is 10.1 Å². The number of nitro benzene ring substituents is 1. The van der Waals surface area contributed by atoms with E-state index in [1.54, 1.807) is 6.08 Å². The average Bonchev–Trinajstić information content (AvgIpc) is 3.32. The molecule has 1 N–H and O–H groups in total. The highest BCUT2D eigenvalue weighted by Crippen LogP contribution is 2.29. The number of nitrogens with one attached hydrogen (secondary N) is 1. The van der Waals surface area contributed by atoms with Crippen LogP contribution in [-0.2, 0) is 14.6 Å². The molecule has 0 aliphatic heterocycles. The van der Waals surface area contributed by atoms with Crippen molar-refractivity contribution in [2.24, 2.45) is 0 Å². The predicted octanol–water partition coefficient (Wildman–Crippen LogP) is 3.60. The summed E-state index contributed by atoms with van der Waals surface area (Å²) in [5.74, 6) is -0.435. The Morgan fingerprint density at radius 3 is 2.59 bits per heavy atom. The van der Waals surface area contributed by atoms with Gasteiger partial charge < -0.3 is 0 Å². The fourth-order valence-corrected chi connectivity index (χ4v) is 5.06. The summed E-state index contributed by atoms with van der Waals surface area (Å²) in [7, 11) is -3.88. The van der Waals surface area contributed by atoms with Gasteiger partial charge in [0.05, 0.1) is 16.0 Å². The molecule has 11 heteroatoms. The molecule has 0 radical (unpaired) electrons. The number of rotatable bonds is 6. The van der Waals surface area contributed by atoms with Crippen LogP contribution in [0.4, 0.5) is 10.8 Å². The van der Waals surface area contributed by atoms with E-state index in [1.165, 1.54) is 17.4 Å². The number of aromatic nitrogens is 1. The molecule has 1 amide bonds. The molecule has 3 rings (SSSR count). The fraction of sp³-hybridized carbons (Fsp3) is 0. The van der Waals surface area contributed by atoms with Gasteiger partial charge in [-0.25, -0.2) is 13.4 Å². The summed E-state index contributed by atoms with van der Waals surface area (Å²) in [6.07, 6.45) is 4.10. The minimum absolute atomic E-state index is 0.0755. The van der Waals surface area contributed by atoms with E-state index >= 15 is 0 Å². The van der Waals surface area contributed by atoms with Gasteiger partial charge in [-0.15, -0.1) is 0 Å². The van der Waals surface area contributed by atoms with E-state index in [9.17, 15) is 23.3 Å². The van der Waals surface area contributed by atoms with E-state index in [2.05, 4.69) is 10.3 Å². The number of sulfone groups is 1. The molecule has 0 aliphatic carbocycles. The second kappa shape index (κ2) is 7.78. The zero-order valence-electron chi connectivity index (χ0n) is 13.4. The minimum Gasteiger partial charge on any atom is -0.298 e. The third kappa shape index (κ3) is 4.45. The van der Waals surface area contributed by atoms with E-state index in [0.29, 0.717) is 0 Å². The zero-order valence-corrected chi connectivity index (χ0v) is 15.9. The lowest BCUT2D eigenvalue weighted by Crippen LogP contribution is -2.07. The number of thiophene rings is 1. The standard InChI is InChI=1S/C16H11N3O5S3/c20-14(6-1-11-7-8-25-10-11)18-16-17-9-15(26-16)27(23,24)13-4-2-12(3-5-13)19(21)22/h1-10H,(H,17,18,20)/b6-1+. The summed E-state index contributed by atoms with van der Waals surface area (Å²) in [6, 6.07) is 6.41. The van der Waals surface area contributed by atoms with Gasteiger partial charge in [0.2, 0.25) is 15.7 Å². The summed E-state index contributed by atoms with van der Waals surface area (Å²) in [4.78, 5) is 25.8. The monoisotopic (exact) mass is 421 g/mol. The Morgan fingerprint density at radius 2 is 1.96 bits per heavy atom. The van der Waals surface area contributed by atoms with Gasteiger partial charge >= 0.3 is 0 Å². The number of thiazole rings is 1. The van der Waals surface area contributed by atoms with Crippen molar-refractivity contribution in [3.63, 3.8) is 0 Å². The summed E-state index contributed by atoms with van der Waals surface area (Å²) in [6.45, 7) is 0. The number of carbonyl (C=O) groups is 1. The second-order valence-electron chi connectivity index (χ2n) is 5.12. The molecule has 8 nitrogen and oxygen atoms in total. The number of non-ortho nitro benzene ring substituents is 1. The van der Waals surface area contributed by atoms with Crippen LogP contribution in [0.15, 0.2) is 62.5 Å². The van der Waals surface area contributed by atoms with Gasteiger partial charge in [-0.2, -0.15) is 11.3 Å². The molecular formula is C16H11N3O5S3. The number of benzene rings is 1. The maximum atomic E-state index is 12.6. The number of hydrogen-bond acceptors (Lipinski definition) is 8. The van der Waals surface area contributed by atoms with Crippen LogP contribution < -0.4 is 5.32 Å². The zero-order chi connectivity index (χ0) is 19.4. The Bertz CT molecular complexity index is 1100. The molecule has 2 aromatic heterocycles. The summed E-state index contributed by atoms with van der Waals surface area (Å²) >= 11 is 2.30. The average molecular weight is 421 g/mol. The molecule has 3 aromatic rings. The van der Waals surface area contributed by atoms with Crippen LogP contribution in [0.25, 0.3) is 6.08 Å². The van der Waals surface area contributed by atoms with Crippen molar-refractivity contribution in [2.75, 3.05) is 5.32 Å². The van der Waals surface area contributed by atoms with Crippen molar-refractivity contribution in [1.82, 2.24) is 4.98 Å². The SMILES string of the molecule is O=C(/C=C/c1ccsc1)Nc1ncc(S(=O)(=O)c2ccc([N+](=O)[O-])cc2)s1. The number of nitro groups is 1. The predicted molar refractivity (Wildman–Crippen MR) is 103 cm³/mol. The normalized spacial score (nSPS) is 11.6. The molecule has 0 fully saturated rings. The third-order valence-electron chi connectivity index (χ3n) is 3.31. The van der Waals surface area contributed by atoms with Crippen LogP contribution in [0.5, 0.6) is 0 Å². The quantitative estimate of drug-likeness (QED) is 0.369. The number of hydrogen-bond donors (Lipinski definition) is 1. The van der Waals surface area contributed by atoms with Gasteiger partial charge in [0.25, 0.3) is 5.69 Å². The Hall–Kier alpha value is -2.89. The van der Waals surface area contributed by atoms with Gasteiger partial charge in [0.15, 0.2) is 5.13 Å². The largest absolute Gasteiger partial charge is 0.298 e. The van der Waals surface area contributed by atoms with Crippen LogP contribution in [0.3, 0.4) is 0 Å². The molecule has 0 bridgehead atoms. The molecule has 1 aromatic carbocycles. The van der Waals surface area contributed by atoms with Crippen molar-refractivity contribution in [3.8, 4) is 0 Å². The van der Waals surface area contributed by atoms with Crippen LogP contribution in [0.1, 0.15) is 5.56 Å². The Labute approximate surface area is 161 Å². The summed E-state index contributed by atoms with van der Waals surface area (Å²) in [5.41, 5.74) is 0.680. The summed E-state index contributed by atoms with van der Waals surface area (Å²) in [5, 5.41) is 17.1. The highest BCUT2D eigenvalue weighted by molar-refractivity contribution is 7.93. The topological polar surface area (TPSA) is 119 Å². The number of nitrogens with zero attached hydrogens (tertiary/aromatic N) is 2. The van der Waals surface area contributed by atoms with Gasteiger partial charge in [0.1, 0.15) is 4.21 Å². The lowest BCUT2D eigenvalue weighted by atomic mass is 10.3. The van der Waals surface area contributed by atoms with Crippen molar-refractivity contribution in [3.05, 3.63) is 69.0 Å². The summed E-state index contributed by atoms with van der Waals surface area (Å²) < 4.78 is 25.1. The number of anilines is 1. The molecule has 0 aliphatic rings. The first-order chi connectivity index (χ1) is 12.9. The first kappa shape index (κ1) is 18.9. The van der Waals surface area contributed by atoms with Crippen LogP contribution in [-0.4, -0.2) is 24.2 Å². The third-order valence-corrected chi connectivity index (χ3v) is 7.15. The lowest BCUT2D eigenvalue weighted by molar-refractivity contribution is -0.384. The second-order valence-corrected chi connectivity index (χ2v) is 9.11. The van der Waals surface area contributed by atoms with Gasteiger partial charge in [-0.05, 0) is 40.6 Å². The van der Waals surface area contributed by atoms with E-state index in [4.69, 9.17) is 0 Å². The highest BCUT2D eigenvalue weighted by atomic mass is 32.2. The van der Waals surface area contributed by atoms with Crippen molar-refractivity contribution in [1.29, 1.82) is 0 Å². The van der Waals surface area contributed by atoms with Gasteiger partial charge in [0, 0.05) is 18.2 Å². The van der Waals surface area contributed by atoms with Crippen LogP contribution >= 0.6 is 22.7 Å². The van der Waals surface area contributed by atoms with Gasteiger partial charge in [-0.1, -0.05) is 11.3 Å². The Morgan fingerprint density at radius 1 is 1.22 bits per heavy atom. The van der Waals surface area contributed by atoms with E-state index in [1.807, 2.05) is 16.8 Å². The Balaban J connectivity index is 1.74. The number of carbonyl (C=O) groups excluding carboxylic acids is 1. The van der Waals surface area contributed by atoms with Crippen molar-refractivity contribution >= 4 is 55.3 Å². The fourth-order valence-electron chi connectivity index (χ4n) is 1.99. The smallest absolute Gasteiger partial charge is 0.269 e. The first-order valence-corrected chi connectivity index (χ1v) is 10.6. The lowest BCUT2D eigenvalue weighted by Gasteiger charge is -2.00. The molecule has 138 valence electrons. The molecule has 0 atom stereocenters. The molecule has 27 heavy (non-hydrogen) atoms. The molecule has 0 spiro atoms. The molecular weight excluding hydrogens is 410 g/mol. The molecule has 0 saturated carbocycles. The molecule has 2 heterocycles. The van der Waals surface area contributed by atoms with E-state index in [0.717, 1.165) is 47.4 Å². The van der Waals surface area contributed by atoms with E-state index < -0.39 is 20.7 Å². The van der Waals surface area contributed by atoms with Crippen LogP contribution in [0.2, 0.25) is 0 Å². The minimum atomic E-state index is -3.88. The maximum absolute atomic E-state index is 12.6. The van der Waals surface area contributed by atoms with Crippen molar-refractivity contribution in [2.45, 2.75) is 9.10 Å². The molecule has 0 unspecified atom stereocenters. The highest BCUT2D eigenvalue weighted by Gasteiger charge is 2.22. The first-order valence-electron chi connectivity index (χ1n) is 7.33. The Kier molecular flexibility index (Phi) is 5.44. The van der Waals surface area contributed by atoms with E-state index in [-0.39, 0.29) is 19.9 Å². The number of amides is 1.